The van der Waals surface area contributed by atoms with E-state index in [1.807, 2.05) is 13.8 Å². The van der Waals surface area contributed by atoms with Crippen LogP contribution in [0.5, 0.6) is 0 Å². The SMILES string of the molecule is CCOC(=O)c1cnc(NC(C)(C)C(C)O)nc1C. The van der Waals surface area contributed by atoms with Gasteiger partial charge in [-0.3, -0.25) is 0 Å². The van der Waals surface area contributed by atoms with Crippen LogP contribution in [-0.4, -0.2) is 39.3 Å². The first-order chi connectivity index (χ1) is 8.77. The summed E-state index contributed by atoms with van der Waals surface area (Å²) in [5, 5.41) is 12.7. The highest BCUT2D eigenvalue weighted by Gasteiger charge is 2.25. The Morgan fingerprint density at radius 1 is 1.58 bits per heavy atom. The predicted molar refractivity (Wildman–Crippen MR) is 72.1 cm³/mol. The van der Waals surface area contributed by atoms with Gasteiger partial charge in [0.15, 0.2) is 0 Å². The van der Waals surface area contributed by atoms with Crippen LogP contribution in [0, 0.1) is 6.92 Å². The normalized spacial score (nSPS) is 12.9. The summed E-state index contributed by atoms with van der Waals surface area (Å²) in [5.41, 5.74) is 0.331. The molecule has 0 aliphatic heterocycles. The fourth-order valence-corrected chi connectivity index (χ4v) is 1.33. The zero-order valence-corrected chi connectivity index (χ0v) is 12.0. The summed E-state index contributed by atoms with van der Waals surface area (Å²) in [4.78, 5) is 19.9. The number of aromatic nitrogens is 2. The fourth-order valence-electron chi connectivity index (χ4n) is 1.33. The average molecular weight is 267 g/mol. The number of aliphatic hydroxyl groups is 1. The molecule has 1 aromatic rings. The molecule has 0 fully saturated rings. The first kappa shape index (κ1) is 15.4. The first-order valence-electron chi connectivity index (χ1n) is 6.25. The number of carbonyl (C=O) groups excluding carboxylic acids is 1. The molecule has 0 aliphatic carbocycles. The highest BCUT2D eigenvalue weighted by Crippen LogP contribution is 2.16. The Morgan fingerprint density at radius 3 is 2.68 bits per heavy atom. The second-order valence-electron chi connectivity index (χ2n) is 4.94. The Kier molecular flexibility index (Phi) is 4.83. The number of ether oxygens (including phenoxy) is 1. The number of nitrogens with one attached hydrogen (secondary N) is 1. The smallest absolute Gasteiger partial charge is 0.341 e. The van der Waals surface area contributed by atoms with E-state index in [9.17, 15) is 9.90 Å². The molecule has 0 saturated carbocycles. The topological polar surface area (TPSA) is 84.3 Å². The van der Waals surface area contributed by atoms with Gasteiger partial charge in [-0.05, 0) is 34.6 Å². The van der Waals surface area contributed by atoms with Crippen molar-refractivity contribution >= 4 is 11.9 Å². The van der Waals surface area contributed by atoms with E-state index in [1.54, 1.807) is 20.8 Å². The molecule has 6 heteroatoms. The van der Waals surface area contributed by atoms with Gasteiger partial charge in [0.2, 0.25) is 5.95 Å². The molecule has 2 N–H and O–H groups in total. The summed E-state index contributed by atoms with van der Waals surface area (Å²) in [6.07, 6.45) is 0.863. The number of nitrogens with zero attached hydrogens (tertiary/aromatic N) is 2. The van der Waals surface area contributed by atoms with Crippen molar-refractivity contribution in [3.05, 3.63) is 17.5 Å². The zero-order chi connectivity index (χ0) is 14.6. The number of carbonyl (C=O) groups is 1. The first-order valence-corrected chi connectivity index (χ1v) is 6.25. The molecule has 1 rings (SSSR count). The molecule has 0 amide bonds. The van der Waals surface area contributed by atoms with Crippen LogP contribution in [0.1, 0.15) is 43.7 Å². The van der Waals surface area contributed by atoms with Gasteiger partial charge in [0.1, 0.15) is 0 Å². The van der Waals surface area contributed by atoms with E-state index in [4.69, 9.17) is 4.74 Å². The van der Waals surface area contributed by atoms with Gasteiger partial charge >= 0.3 is 5.97 Å². The lowest BCUT2D eigenvalue weighted by atomic mass is 9.99. The monoisotopic (exact) mass is 267 g/mol. The summed E-state index contributed by atoms with van der Waals surface area (Å²) in [6, 6.07) is 0. The summed E-state index contributed by atoms with van der Waals surface area (Å²) in [6.45, 7) is 9.15. The molecule has 1 unspecified atom stereocenters. The van der Waals surface area contributed by atoms with Crippen molar-refractivity contribution in [3.8, 4) is 0 Å². The summed E-state index contributed by atoms with van der Waals surface area (Å²) in [7, 11) is 0. The fraction of sp³-hybridized carbons (Fsp3) is 0.615. The molecule has 6 nitrogen and oxygen atoms in total. The molecule has 0 aliphatic rings. The standard InChI is InChI=1S/C13H21N3O3/c1-6-19-11(18)10-7-14-12(15-8(10)2)16-13(4,5)9(3)17/h7,9,17H,6H2,1-5H3,(H,14,15,16). The molecular weight excluding hydrogens is 246 g/mol. The number of anilines is 1. The molecule has 106 valence electrons. The molecule has 1 aromatic heterocycles. The summed E-state index contributed by atoms with van der Waals surface area (Å²) in [5.74, 6) is -0.0576. The van der Waals surface area contributed by atoms with Gasteiger partial charge in [0.05, 0.1) is 29.5 Å². The van der Waals surface area contributed by atoms with E-state index in [0.717, 1.165) is 0 Å². The molecule has 0 bridgehead atoms. The molecule has 19 heavy (non-hydrogen) atoms. The van der Waals surface area contributed by atoms with E-state index in [-0.39, 0.29) is 0 Å². The third-order valence-corrected chi connectivity index (χ3v) is 2.95. The van der Waals surface area contributed by atoms with Gasteiger partial charge in [-0.15, -0.1) is 0 Å². The maximum Gasteiger partial charge on any atom is 0.341 e. The van der Waals surface area contributed by atoms with Crippen LogP contribution in [-0.2, 0) is 4.74 Å². The van der Waals surface area contributed by atoms with Crippen LogP contribution in [0.2, 0.25) is 0 Å². The van der Waals surface area contributed by atoms with Gasteiger partial charge in [0.25, 0.3) is 0 Å². The minimum absolute atomic E-state index is 0.313. The van der Waals surface area contributed by atoms with Gasteiger partial charge in [0, 0.05) is 6.20 Å². The van der Waals surface area contributed by atoms with Gasteiger partial charge < -0.3 is 15.2 Å². The second kappa shape index (κ2) is 5.97. The van der Waals surface area contributed by atoms with Crippen molar-refractivity contribution in [2.75, 3.05) is 11.9 Å². The third-order valence-electron chi connectivity index (χ3n) is 2.95. The van der Waals surface area contributed by atoms with Crippen LogP contribution in [0.3, 0.4) is 0 Å². The number of rotatable bonds is 5. The van der Waals surface area contributed by atoms with Crippen molar-refractivity contribution in [2.24, 2.45) is 0 Å². The molecule has 0 saturated heterocycles. The molecule has 1 heterocycles. The molecule has 0 aromatic carbocycles. The van der Waals surface area contributed by atoms with E-state index >= 15 is 0 Å². The van der Waals surface area contributed by atoms with Crippen molar-refractivity contribution in [1.29, 1.82) is 0 Å². The molecule has 0 radical (unpaired) electrons. The lowest BCUT2D eigenvalue weighted by Crippen LogP contribution is -2.42. The third kappa shape index (κ3) is 3.89. The van der Waals surface area contributed by atoms with E-state index in [0.29, 0.717) is 23.8 Å². The van der Waals surface area contributed by atoms with Gasteiger partial charge in [-0.25, -0.2) is 14.8 Å². The Morgan fingerprint density at radius 2 is 2.21 bits per heavy atom. The van der Waals surface area contributed by atoms with Crippen LogP contribution < -0.4 is 5.32 Å². The van der Waals surface area contributed by atoms with Crippen LogP contribution in [0.15, 0.2) is 6.20 Å². The number of hydrogen-bond donors (Lipinski definition) is 2. The lowest BCUT2D eigenvalue weighted by molar-refractivity contribution is 0.0524. The van der Waals surface area contributed by atoms with Crippen LogP contribution >= 0.6 is 0 Å². The summed E-state index contributed by atoms with van der Waals surface area (Å²) < 4.78 is 4.91. The Labute approximate surface area is 113 Å². The largest absolute Gasteiger partial charge is 0.462 e. The Hall–Kier alpha value is -1.69. The molecule has 0 spiro atoms. The minimum Gasteiger partial charge on any atom is -0.462 e. The Bertz CT molecular complexity index is 458. The number of aliphatic hydroxyl groups excluding tert-OH is 1. The Balaban J connectivity index is 2.91. The number of aryl methyl sites for hydroxylation is 1. The molecular formula is C13H21N3O3. The van der Waals surface area contributed by atoms with Crippen molar-refractivity contribution in [3.63, 3.8) is 0 Å². The maximum atomic E-state index is 11.6. The zero-order valence-electron chi connectivity index (χ0n) is 12.0. The van der Waals surface area contributed by atoms with E-state index in [1.165, 1.54) is 6.20 Å². The highest BCUT2D eigenvalue weighted by atomic mass is 16.5. The predicted octanol–water partition coefficient (Wildman–Crippen LogP) is 1.53. The average Bonchev–Trinajstić information content (AvgIpc) is 2.28. The second-order valence-corrected chi connectivity index (χ2v) is 4.94. The van der Waals surface area contributed by atoms with Crippen LogP contribution in [0.25, 0.3) is 0 Å². The number of esters is 1. The summed E-state index contributed by atoms with van der Waals surface area (Å²) >= 11 is 0. The van der Waals surface area contributed by atoms with E-state index < -0.39 is 17.6 Å². The van der Waals surface area contributed by atoms with Crippen molar-refractivity contribution < 1.29 is 14.6 Å². The van der Waals surface area contributed by atoms with Crippen molar-refractivity contribution in [2.45, 2.75) is 46.3 Å². The number of hydrogen-bond acceptors (Lipinski definition) is 6. The quantitative estimate of drug-likeness (QED) is 0.787. The molecule has 1 atom stereocenters. The maximum absolute atomic E-state index is 11.6. The van der Waals surface area contributed by atoms with Crippen LogP contribution in [0.4, 0.5) is 5.95 Å². The minimum atomic E-state index is -0.568. The highest BCUT2D eigenvalue weighted by molar-refractivity contribution is 5.90. The van der Waals surface area contributed by atoms with Gasteiger partial charge in [-0.1, -0.05) is 0 Å². The van der Waals surface area contributed by atoms with Crippen molar-refractivity contribution in [1.82, 2.24) is 9.97 Å². The van der Waals surface area contributed by atoms with E-state index in [2.05, 4.69) is 15.3 Å². The van der Waals surface area contributed by atoms with Gasteiger partial charge in [-0.2, -0.15) is 0 Å². The lowest BCUT2D eigenvalue weighted by Gasteiger charge is -2.29.